The minimum absolute atomic E-state index is 0.0722. The minimum atomic E-state index is -0.610. The number of hydrogen-bond donors (Lipinski definition) is 0. The Kier molecular flexibility index (Phi) is 3.34. The van der Waals surface area contributed by atoms with Crippen LogP contribution in [0.4, 0.5) is 0 Å². The smallest absolute Gasteiger partial charge is 0.292 e. The van der Waals surface area contributed by atoms with Crippen molar-refractivity contribution in [2.75, 3.05) is 0 Å². The van der Waals surface area contributed by atoms with E-state index in [1.165, 1.54) is 0 Å². The molecule has 0 spiro atoms. The molecular weight excluding hydrogens is 280 g/mol. The summed E-state index contributed by atoms with van der Waals surface area (Å²) in [6.45, 7) is 5.34. The fraction of sp³-hybridized carbons (Fsp3) is 0.222. The molecule has 0 radical (unpaired) electrons. The second-order valence-corrected chi connectivity index (χ2v) is 6.20. The molecule has 2 aromatic carbocycles. The van der Waals surface area contributed by atoms with Crippen LogP contribution in [0.2, 0.25) is 0 Å². The maximum atomic E-state index is 12.4. The van der Waals surface area contributed by atoms with Crippen LogP contribution in [0.5, 0.6) is 0 Å². The highest BCUT2D eigenvalue weighted by Crippen LogP contribution is 2.36. The van der Waals surface area contributed by atoms with E-state index in [2.05, 4.69) is 0 Å². The predicted molar refractivity (Wildman–Crippen MR) is 81.6 cm³/mol. The first kappa shape index (κ1) is 14.5. The lowest BCUT2D eigenvalue weighted by Gasteiger charge is -2.16. The van der Waals surface area contributed by atoms with E-state index >= 15 is 0 Å². The van der Waals surface area contributed by atoms with Gasteiger partial charge in [-0.25, -0.2) is 4.79 Å². The van der Waals surface area contributed by atoms with Crippen molar-refractivity contribution in [3.8, 4) is 11.1 Å². The number of hydrogen-bond acceptors (Lipinski definition) is 4. The molecule has 0 heterocycles. The Morgan fingerprint density at radius 3 is 2.23 bits per heavy atom. The van der Waals surface area contributed by atoms with Gasteiger partial charge in [0.25, 0.3) is 0 Å². The summed E-state index contributed by atoms with van der Waals surface area (Å²) < 4.78 is 0. The monoisotopic (exact) mass is 296 g/mol. The molecule has 4 nitrogen and oxygen atoms in total. The lowest BCUT2D eigenvalue weighted by atomic mass is 10.0. The zero-order valence-electron chi connectivity index (χ0n) is 12.7. The number of ketones is 1. The molecule has 0 N–H and O–H groups in total. The third kappa shape index (κ3) is 2.53. The number of fused-ring (bicyclic) bond motifs is 3. The zero-order chi connectivity index (χ0) is 15.9. The van der Waals surface area contributed by atoms with Gasteiger partial charge in [0, 0.05) is 11.1 Å². The van der Waals surface area contributed by atoms with E-state index in [0.29, 0.717) is 16.7 Å². The normalized spacial score (nSPS) is 12.8. The van der Waals surface area contributed by atoms with Crippen molar-refractivity contribution in [2.24, 2.45) is 0 Å². The molecular formula is C18H16O4. The van der Waals surface area contributed by atoms with Gasteiger partial charge < -0.3 is 0 Å². The topological polar surface area (TPSA) is 52.6 Å². The highest BCUT2D eigenvalue weighted by Gasteiger charge is 2.27. The molecule has 22 heavy (non-hydrogen) atoms. The Bertz CT molecular complexity index is 769. The summed E-state index contributed by atoms with van der Waals surface area (Å²) in [6.07, 6.45) is 0. The van der Waals surface area contributed by atoms with E-state index in [-0.39, 0.29) is 5.78 Å². The van der Waals surface area contributed by atoms with Gasteiger partial charge in [-0.15, -0.1) is 0 Å². The van der Waals surface area contributed by atoms with Crippen LogP contribution in [0.1, 0.15) is 47.1 Å². The highest BCUT2D eigenvalue weighted by molar-refractivity contribution is 6.22. The molecule has 0 bridgehead atoms. The molecule has 0 amide bonds. The van der Waals surface area contributed by atoms with Crippen molar-refractivity contribution in [1.82, 2.24) is 0 Å². The van der Waals surface area contributed by atoms with E-state index in [1.54, 1.807) is 45.0 Å². The molecule has 1 aliphatic rings. The Hall–Kier alpha value is -2.46. The van der Waals surface area contributed by atoms with Gasteiger partial charge >= 0.3 is 5.97 Å². The third-order valence-corrected chi connectivity index (χ3v) is 3.33. The van der Waals surface area contributed by atoms with Crippen LogP contribution in [0.3, 0.4) is 0 Å². The molecule has 1 aliphatic carbocycles. The molecule has 3 rings (SSSR count). The highest BCUT2D eigenvalue weighted by atomic mass is 17.2. The molecule has 4 heteroatoms. The van der Waals surface area contributed by atoms with Gasteiger partial charge in [-0.2, -0.15) is 4.89 Å². The van der Waals surface area contributed by atoms with E-state index in [4.69, 9.17) is 9.78 Å². The summed E-state index contributed by atoms with van der Waals surface area (Å²) in [6, 6.07) is 12.4. The van der Waals surface area contributed by atoms with Crippen LogP contribution in [0.25, 0.3) is 11.1 Å². The Labute approximate surface area is 128 Å². The second-order valence-electron chi connectivity index (χ2n) is 6.20. The largest absolute Gasteiger partial charge is 0.373 e. The average molecular weight is 296 g/mol. The molecule has 2 aromatic rings. The van der Waals surface area contributed by atoms with Gasteiger partial charge in [-0.1, -0.05) is 30.3 Å². The Morgan fingerprint density at radius 2 is 1.55 bits per heavy atom. The lowest BCUT2D eigenvalue weighted by Crippen LogP contribution is -2.22. The standard InChI is InChI=1S/C18H16O4/c1-18(2,3)22-21-17(20)11-8-9-13-12-6-4-5-7-14(12)16(19)15(13)10-11/h4-10H,1-3H3. The molecule has 0 aliphatic heterocycles. The lowest BCUT2D eigenvalue weighted by molar-refractivity contribution is -0.301. The first-order chi connectivity index (χ1) is 10.4. The maximum absolute atomic E-state index is 12.4. The molecule has 0 saturated heterocycles. The van der Waals surface area contributed by atoms with Gasteiger partial charge in [0.05, 0.1) is 5.56 Å². The first-order valence-electron chi connectivity index (χ1n) is 7.05. The summed E-state index contributed by atoms with van der Waals surface area (Å²) >= 11 is 0. The average Bonchev–Trinajstić information content (AvgIpc) is 2.77. The predicted octanol–water partition coefficient (Wildman–Crippen LogP) is 3.78. The van der Waals surface area contributed by atoms with Gasteiger partial charge in [0.1, 0.15) is 5.60 Å². The second kappa shape index (κ2) is 5.07. The van der Waals surface area contributed by atoms with Crippen molar-refractivity contribution in [2.45, 2.75) is 26.4 Å². The Morgan fingerprint density at radius 1 is 0.909 bits per heavy atom. The van der Waals surface area contributed by atoms with Crippen LogP contribution in [0, 0.1) is 0 Å². The number of benzene rings is 2. The van der Waals surface area contributed by atoms with Gasteiger partial charge in [-0.05, 0) is 44.0 Å². The fourth-order valence-electron chi connectivity index (χ4n) is 2.37. The van der Waals surface area contributed by atoms with E-state index < -0.39 is 11.6 Å². The van der Waals surface area contributed by atoms with Gasteiger partial charge in [-0.3, -0.25) is 9.68 Å². The van der Waals surface area contributed by atoms with Crippen molar-refractivity contribution in [3.05, 3.63) is 59.2 Å². The summed E-state index contributed by atoms with van der Waals surface area (Å²) in [5.41, 5.74) is 2.63. The fourth-order valence-corrected chi connectivity index (χ4v) is 2.37. The van der Waals surface area contributed by atoms with Crippen LogP contribution < -0.4 is 0 Å². The molecule has 0 atom stereocenters. The number of carbonyl (C=O) groups excluding carboxylic acids is 2. The van der Waals surface area contributed by atoms with E-state index in [9.17, 15) is 9.59 Å². The van der Waals surface area contributed by atoms with Crippen LogP contribution in [0.15, 0.2) is 42.5 Å². The quantitative estimate of drug-likeness (QED) is 0.533. The van der Waals surface area contributed by atoms with Crippen LogP contribution in [-0.2, 0) is 9.78 Å². The summed E-state index contributed by atoms with van der Waals surface area (Å²) in [4.78, 5) is 34.2. The van der Waals surface area contributed by atoms with Crippen molar-refractivity contribution >= 4 is 11.8 Å². The minimum Gasteiger partial charge on any atom is -0.292 e. The van der Waals surface area contributed by atoms with Crippen molar-refractivity contribution in [1.29, 1.82) is 0 Å². The molecule has 0 saturated carbocycles. The van der Waals surface area contributed by atoms with Crippen LogP contribution in [-0.4, -0.2) is 17.4 Å². The van der Waals surface area contributed by atoms with Crippen LogP contribution >= 0.6 is 0 Å². The van der Waals surface area contributed by atoms with Gasteiger partial charge in [0.2, 0.25) is 0 Å². The zero-order valence-corrected chi connectivity index (χ0v) is 12.7. The molecule has 0 fully saturated rings. The van der Waals surface area contributed by atoms with Crippen molar-refractivity contribution < 1.29 is 19.4 Å². The SMILES string of the molecule is CC(C)(C)OOC(=O)c1ccc2c(c1)C(=O)c1ccccc1-2. The van der Waals surface area contributed by atoms with E-state index in [0.717, 1.165) is 11.1 Å². The first-order valence-corrected chi connectivity index (χ1v) is 7.05. The summed E-state index contributed by atoms with van der Waals surface area (Å²) in [7, 11) is 0. The summed E-state index contributed by atoms with van der Waals surface area (Å²) in [5.74, 6) is -0.682. The summed E-state index contributed by atoms with van der Waals surface area (Å²) in [5, 5.41) is 0. The number of carbonyl (C=O) groups is 2. The van der Waals surface area contributed by atoms with Crippen molar-refractivity contribution in [3.63, 3.8) is 0 Å². The number of rotatable bonds is 2. The van der Waals surface area contributed by atoms with Gasteiger partial charge in [0.15, 0.2) is 5.78 Å². The Balaban J connectivity index is 1.90. The molecule has 0 aromatic heterocycles. The molecule has 112 valence electrons. The molecule has 0 unspecified atom stereocenters. The van der Waals surface area contributed by atoms with E-state index in [1.807, 2.05) is 18.2 Å². The maximum Gasteiger partial charge on any atom is 0.373 e. The third-order valence-electron chi connectivity index (χ3n) is 3.33.